The highest BCUT2D eigenvalue weighted by atomic mass is 16.3. The summed E-state index contributed by atoms with van der Waals surface area (Å²) in [7, 11) is 0. The number of carbonyl (C=O) groups is 1. The first-order valence-corrected chi connectivity index (χ1v) is 5.26. The highest BCUT2D eigenvalue weighted by Crippen LogP contribution is 2.08. The second-order valence-corrected chi connectivity index (χ2v) is 3.81. The third-order valence-corrected chi connectivity index (χ3v) is 2.12. The fraction of sp³-hybridized carbons (Fsp3) is 0.308. The quantitative estimate of drug-likeness (QED) is 0.738. The summed E-state index contributed by atoms with van der Waals surface area (Å²) >= 11 is 0. The second kappa shape index (κ2) is 6.08. The van der Waals surface area contributed by atoms with Crippen LogP contribution in [0.1, 0.15) is 22.8 Å². The van der Waals surface area contributed by atoms with Gasteiger partial charge < -0.3 is 10.4 Å². The number of hydrogen-bond acceptors (Lipinski definition) is 2. The van der Waals surface area contributed by atoms with E-state index in [0.29, 0.717) is 5.56 Å². The normalized spacial score (nSPS) is 9.88. The largest absolute Gasteiger partial charge is 0.395 e. The van der Waals surface area contributed by atoms with Crippen molar-refractivity contribution in [2.24, 2.45) is 0 Å². The number of carbonyl (C=O) groups excluding carboxylic acids is 1. The van der Waals surface area contributed by atoms with Crippen LogP contribution in [0.2, 0.25) is 0 Å². The first-order chi connectivity index (χ1) is 7.63. The van der Waals surface area contributed by atoms with Gasteiger partial charge in [0.2, 0.25) is 0 Å². The average molecular weight is 219 g/mol. The van der Waals surface area contributed by atoms with E-state index >= 15 is 0 Å². The number of benzene rings is 1. The molecule has 0 aliphatic rings. The fourth-order valence-electron chi connectivity index (χ4n) is 1.39. The molecule has 3 nitrogen and oxygen atoms in total. The Morgan fingerprint density at radius 1 is 1.38 bits per heavy atom. The Labute approximate surface area is 95.8 Å². The Bertz CT molecular complexity index is 368. The monoisotopic (exact) mass is 219 g/mol. The fourth-order valence-corrected chi connectivity index (χ4v) is 1.39. The summed E-state index contributed by atoms with van der Waals surface area (Å²) in [5.74, 6) is -0.157. The predicted octanol–water partition coefficient (Wildman–Crippen LogP) is 1.53. The molecule has 0 radical (unpaired) electrons. The lowest BCUT2D eigenvalue weighted by Crippen LogP contribution is -2.26. The van der Waals surface area contributed by atoms with Crippen LogP contribution in [0.4, 0.5) is 0 Å². The van der Waals surface area contributed by atoms with E-state index in [2.05, 4.69) is 11.9 Å². The summed E-state index contributed by atoms with van der Waals surface area (Å²) < 4.78 is 0. The molecule has 3 heteroatoms. The van der Waals surface area contributed by atoms with Crippen molar-refractivity contribution in [2.75, 3.05) is 13.2 Å². The van der Waals surface area contributed by atoms with Crippen molar-refractivity contribution in [3.05, 3.63) is 47.5 Å². The van der Waals surface area contributed by atoms with Gasteiger partial charge in [-0.15, -0.1) is 0 Å². The number of hydrogen-bond donors (Lipinski definition) is 2. The summed E-state index contributed by atoms with van der Waals surface area (Å²) in [5, 5.41) is 11.2. The molecule has 2 N–H and O–H groups in total. The zero-order valence-electron chi connectivity index (χ0n) is 9.49. The number of amides is 1. The molecule has 0 aliphatic heterocycles. The van der Waals surface area contributed by atoms with E-state index in [9.17, 15) is 4.79 Å². The van der Waals surface area contributed by atoms with Crippen molar-refractivity contribution in [2.45, 2.75) is 13.3 Å². The Balaban J connectivity index is 2.63. The Morgan fingerprint density at radius 2 is 2.00 bits per heavy atom. The molecule has 0 saturated carbocycles. The molecule has 0 fully saturated rings. The van der Waals surface area contributed by atoms with Gasteiger partial charge in [0.1, 0.15) is 0 Å². The van der Waals surface area contributed by atoms with Crippen LogP contribution in [0.5, 0.6) is 0 Å². The molecule has 0 aliphatic carbocycles. The number of aliphatic hydroxyl groups is 1. The Morgan fingerprint density at radius 3 is 2.50 bits per heavy atom. The Kier molecular flexibility index (Phi) is 4.73. The molecular formula is C13H17NO2. The molecular weight excluding hydrogens is 202 g/mol. The van der Waals surface area contributed by atoms with Crippen LogP contribution < -0.4 is 5.32 Å². The molecule has 0 saturated heterocycles. The SMILES string of the molecule is C=C(C)Cc1ccc(C(=O)NCCO)cc1. The first kappa shape index (κ1) is 12.5. The number of aliphatic hydroxyl groups excluding tert-OH is 1. The maximum atomic E-state index is 11.5. The van der Waals surface area contributed by atoms with Gasteiger partial charge in [-0.2, -0.15) is 0 Å². The minimum absolute atomic E-state index is 0.0422. The zero-order valence-corrected chi connectivity index (χ0v) is 9.49. The molecule has 0 spiro atoms. The smallest absolute Gasteiger partial charge is 0.251 e. The van der Waals surface area contributed by atoms with Crippen LogP contribution in [0.25, 0.3) is 0 Å². The summed E-state index contributed by atoms with van der Waals surface area (Å²) in [5.41, 5.74) is 2.85. The van der Waals surface area contributed by atoms with E-state index in [1.165, 1.54) is 0 Å². The molecule has 0 bridgehead atoms. The summed E-state index contributed by atoms with van der Waals surface area (Å²) in [4.78, 5) is 11.5. The Hall–Kier alpha value is -1.61. The van der Waals surface area contributed by atoms with Crippen molar-refractivity contribution in [3.8, 4) is 0 Å². The molecule has 0 atom stereocenters. The summed E-state index contributed by atoms with van der Waals surface area (Å²) in [6, 6.07) is 7.40. The van der Waals surface area contributed by atoms with E-state index in [0.717, 1.165) is 17.6 Å². The topological polar surface area (TPSA) is 49.3 Å². The number of rotatable bonds is 5. The molecule has 16 heavy (non-hydrogen) atoms. The van der Waals surface area contributed by atoms with E-state index in [1.807, 2.05) is 19.1 Å². The first-order valence-electron chi connectivity index (χ1n) is 5.26. The van der Waals surface area contributed by atoms with Gasteiger partial charge in [0.15, 0.2) is 0 Å². The van der Waals surface area contributed by atoms with Crippen LogP contribution >= 0.6 is 0 Å². The zero-order chi connectivity index (χ0) is 12.0. The van der Waals surface area contributed by atoms with Gasteiger partial charge in [0, 0.05) is 12.1 Å². The predicted molar refractivity (Wildman–Crippen MR) is 64.4 cm³/mol. The van der Waals surface area contributed by atoms with Crippen molar-refractivity contribution in [1.29, 1.82) is 0 Å². The highest BCUT2D eigenvalue weighted by molar-refractivity contribution is 5.94. The molecule has 1 aromatic rings. The van der Waals surface area contributed by atoms with Crippen LogP contribution in [-0.4, -0.2) is 24.2 Å². The molecule has 1 amide bonds. The lowest BCUT2D eigenvalue weighted by Gasteiger charge is -2.04. The van der Waals surface area contributed by atoms with Crippen molar-refractivity contribution in [1.82, 2.24) is 5.32 Å². The minimum Gasteiger partial charge on any atom is -0.395 e. The molecule has 0 heterocycles. The summed E-state index contributed by atoms with van der Waals surface area (Å²) in [6.07, 6.45) is 0.832. The van der Waals surface area contributed by atoms with Gasteiger partial charge in [0.25, 0.3) is 5.91 Å². The number of nitrogens with one attached hydrogen (secondary N) is 1. The van der Waals surface area contributed by atoms with Crippen LogP contribution in [0, 0.1) is 0 Å². The lowest BCUT2D eigenvalue weighted by molar-refractivity contribution is 0.0945. The molecule has 1 aromatic carbocycles. The van der Waals surface area contributed by atoms with Gasteiger partial charge in [-0.3, -0.25) is 4.79 Å². The van der Waals surface area contributed by atoms with Gasteiger partial charge in [-0.1, -0.05) is 24.3 Å². The molecule has 86 valence electrons. The third-order valence-electron chi connectivity index (χ3n) is 2.12. The van der Waals surface area contributed by atoms with Crippen molar-refractivity contribution >= 4 is 5.91 Å². The van der Waals surface area contributed by atoms with Crippen molar-refractivity contribution in [3.63, 3.8) is 0 Å². The number of allylic oxidation sites excluding steroid dienone is 1. The lowest BCUT2D eigenvalue weighted by atomic mass is 10.1. The van der Waals surface area contributed by atoms with E-state index < -0.39 is 0 Å². The maximum Gasteiger partial charge on any atom is 0.251 e. The highest BCUT2D eigenvalue weighted by Gasteiger charge is 2.03. The standard InChI is InChI=1S/C13H17NO2/c1-10(2)9-11-3-5-12(6-4-11)13(16)14-7-8-15/h3-6,15H,1,7-9H2,2H3,(H,14,16). The van der Waals surface area contributed by atoms with Crippen LogP contribution in [-0.2, 0) is 6.42 Å². The molecule has 1 rings (SSSR count). The second-order valence-electron chi connectivity index (χ2n) is 3.81. The third kappa shape index (κ3) is 3.87. The van der Waals surface area contributed by atoms with Crippen molar-refractivity contribution < 1.29 is 9.90 Å². The van der Waals surface area contributed by atoms with Gasteiger partial charge >= 0.3 is 0 Å². The van der Waals surface area contributed by atoms with Gasteiger partial charge in [0.05, 0.1) is 6.61 Å². The molecule has 0 aromatic heterocycles. The van der Waals surface area contributed by atoms with Crippen LogP contribution in [0.15, 0.2) is 36.4 Å². The minimum atomic E-state index is -0.157. The van der Waals surface area contributed by atoms with Gasteiger partial charge in [-0.25, -0.2) is 0 Å². The van der Waals surface area contributed by atoms with E-state index in [1.54, 1.807) is 12.1 Å². The van der Waals surface area contributed by atoms with Gasteiger partial charge in [-0.05, 0) is 31.0 Å². The van der Waals surface area contributed by atoms with E-state index in [-0.39, 0.29) is 19.1 Å². The summed E-state index contributed by atoms with van der Waals surface area (Å²) in [6.45, 7) is 6.06. The maximum absolute atomic E-state index is 11.5. The average Bonchev–Trinajstić information content (AvgIpc) is 2.26. The van der Waals surface area contributed by atoms with E-state index in [4.69, 9.17) is 5.11 Å². The molecule has 0 unspecified atom stereocenters. The van der Waals surface area contributed by atoms with Crippen LogP contribution in [0.3, 0.4) is 0 Å².